The Morgan fingerprint density at radius 1 is 0.112 bits per heavy atom. The van der Waals surface area contributed by atoms with Gasteiger partial charge in [0.25, 0.3) is 0 Å². The quantitative estimate of drug-likeness (QED) is 0.105. The van der Waals surface area contributed by atoms with Crippen molar-refractivity contribution in [3.8, 4) is 0 Å². The third kappa shape index (κ3) is 21.1. The van der Waals surface area contributed by atoms with Gasteiger partial charge in [0, 0.05) is 0 Å². The molecule has 0 aromatic heterocycles. The summed E-state index contributed by atoms with van der Waals surface area (Å²) in [5.41, 5.74) is 21.5. The van der Waals surface area contributed by atoms with Gasteiger partial charge in [-0.05, 0) is 348 Å². The van der Waals surface area contributed by atoms with E-state index in [1.807, 2.05) is 0 Å². The Kier molecular flexibility index (Phi) is 31.2. The van der Waals surface area contributed by atoms with Gasteiger partial charge in [0.1, 0.15) is 0 Å². The second-order valence-electron chi connectivity index (χ2n) is 33.3. The summed E-state index contributed by atoms with van der Waals surface area (Å²) in [7, 11) is 0. The lowest BCUT2D eigenvalue weighted by molar-refractivity contribution is 1.47. The maximum atomic E-state index is 2.30. The predicted molar refractivity (Wildman–Crippen MR) is 566 cm³/mol. The van der Waals surface area contributed by atoms with Crippen LogP contribution in [0.2, 0.25) is 0 Å². The number of aryl methyl sites for hydroxylation is 16. The molecule has 0 saturated carbocycles. The first kappa shape index (κ1) is 93.7. The first-order valence-corrected chi connectivity index (χ1v) is 42.3. The molecular formula is C125H128. The standard InChI is InChI=1S/6C16H14.2C12H12.5CH4/c1-11-3-5-13-10-16-8-12(2)4-6-14(16)9-15(13)7-11;1-11-5-3-7-13-10-16-12(2)6-4-8-14(16)9-15(11)13;1-11-6-5-9-15-12(2)14-8-4-3-7-13(14)10-16(11)15;1-11-6-5-9-14-12(2)10-13-7-3-4-8-15(13)16(11)14;1-11-6-7-13-8-9-14-12(2)4-3-5-15(14)16(13)10-11;1-11-7-8-13-10-12(2)14-5-3-4-6-15(14)16(13)9-11;1-9-3-5-12-8-10(2)4-6-11(12)7-9;1-9-5-3-8-12-10(2)6-4-7-11(9)12;;;;;/h6*3-10H,1-2H3;2*3-8H,1-2H3;5*1H4. The van der Waals surface area contributed by atoms with E-state index in [-0.39, 0.29) is 37.1 Å². The minimum atomic E-state index is 0. The van der Waals surface area contributed by atoms with Crippen LogP contribution in [0.15, 0.2) is 364 Å². The summed E-state index contributed by atoms with van der Waals surface area (Å²) < 4.78 is 0. The molecule has 22 aromatic carbocycles. The summed E-state index contributed by atoms with van der Waals surface area (Å²) in [6, 6.07) is 131. The predicted octanol–water partition coefficient (Wildman–Crippen LogP) is 37.8. The number of hydrogen-bond acceptors (Lipinski definition) is 0. The van der Waals surface area contributed by atoms with Crippen molar-refractivity contribution in [2.24, 2.45) is 0 Å². The van der Waals surface area contributed by atoms with Crippen molar-refractivity contribution in [2.75, 3.05) is 0 Å². The topological polar surface area (TPSA) is 0 Å². The van der Waals surface area contributed by atoms with Crippen molar-refractivity contribution in [3.63, 3.8) is 0 Å². The number of fused-ring (bicyclic) bond motifs is 17. The van der Waals surface area contributed by atoms with Crippen LogP contribution < -0.4 is 0 Å². The fraction of sp³-hybridized carbons (Fsp3) is 0.168. The number of benzene rings is 22. The molecule has 0 fully saturated rings. The van der Waals surface area contributed by atoms with Gasteiger partial charge in [0.15, 0.2) is 0 Å². The van der Waals surface area contributed by atoms with E-state index in [1.54, 1.807) is 0 Å². The summed E-state index contributed by atoms with van der Waals surface area (Å²) in [6.07, 6.45) is 0. The van der Waals surface area contributed by atoms with Gasteiger partial charge in [0.2, 0.25) is 0 Å². The first-order valence-electron chi connectivity index (χ1n) is 42.3. The van der Waals surface area contributed by atoms with Crippen LogP contribution >= 0.6 is 0 Å². The zero-order valence-corrected chi connectivity index (χ0v) is 72.6. The van der Waals surface area contributed by atoms with E-state index in [9.17, 15) is 0 Å². The molecule has 0 heterocycles. The van der Waals surface area contributed by atoms with Crippen molar-refractivity contribution >= 4 is 151 Å². The Bertz CT molecular complexity index is 7280. The molecule has 125 heavy (non-hydrogen) atoms. The van der Waals surface area contributed by atoms with Crippen LogP contribution in [-0.2, 0) is 0 Å². The third-order valence-corrected chi connectivity index (χ3v) is 24.1. The highest BCUT2D eigenvalue weighted by Gasteiger charge is 2.11. The van der Waals surface area contributed by atoms with Crippen molar-refractivity contribution in [3.05, 3.63) is 453 Å². The summed E-state index contributed by atoms with van der Waals surface area (Å²) in [5.74, 6) is 0. The Balaban J connectivity index is 0.000000149. The average molecular weight is 1630 g/mol. The van der Waals surface area contributed by atoms with E-state index < -0.39 is 0 Å². The number of hydrogen-bond donors (Lipinski definition) is 0. The molecule has 628 valence electrons. The van der Waals surface area contributed by atoms with Gasteiger partial charge in [-0.3, -0.25) is 0 Å². The van der Waals surface area contributed by atoms with Gasteiger partial charge in [-0.2, -0.15) is 0 Å². The third-order valence-electron chi connectivity index (χ3n) is 24.1. The monoisotopic (exact) mass is 1630 g/mol. The van der Waals surface area contributed by atoms with Crippen LogP contribution in [0.5, 0.6) is 0 Å². The summed E-state index contributed by atoms with van der Waals surface area (Å²) in [5, 5.41) is 37.9. The Morgan fingerprint density at radius 2 is 0.368 bits per heavy atom. The maximum Gasteiger partial charge on any atom is -0.00735 e. The van der Waals surface area contributed by atoms with E-state index in [0.717, 1.165) is 0 Å². The molecule has 22 aromatic rings. The van der Waals surface area contributed by atoms with Gasteiger partial charge >= 0.3 is 0 Å². The van der Waals surface area contributed by atoms with E-state index in [4.69, 9.17) is 0 Å². The van der Waals surface area contributed by atoms with Crippen LogP contribution in [0.25, 0.3) is 151 Å². The second kappa shape index (κ2) is 41.6. The van der Waals surface area contributed by atoms with E-state index in [0.29, 0.717) is 0 Å². The van der Waals surface area contributed by atoms with Gasteiger partial charge in [-0.25, -0.2) is 0 Å². The van der Waals surface area contributed by atoms with E-state index in [2.05, 4.69) is 475 Å². The fourth-order valence-corrected chi connectivity index (χ4v) is 17.4. The summed E-state index contributed by atoms with van der Waals surface area (Å²) in [6.45, 7) is 34.6. The van der Waals surface area contributed by atoms with Crippen LogP contribution in [0.3, 0.4) is 0 Å². The van der Waals surface area contributed by atoms with Crippen molar-refractivity contribution < 1.29 is 0 Å². The van der Waals surface area contributed by atoms with Gasteiger partial charge < -0.3 is 0 Å². The molecule has 0 spiro atoms. The summed E-state index contributed by atoms with van der Waals surface area (Å²) in [4.78, 5) is 0. The molecule has 0 aliphatic rings. The highest BCUT2D eigenvalue weighted by molar-refractivity contribution is 6.12. The average Bonchev–Trinajstić information content (AvgIpc) is 0.764. The lowest BCUT2D eigenvalue weighted by Crippen LogP contribution is -1.84. The molecule has 0 N–H and O–H groups in total. The smallest absolute Gasteiger partial charge is 0.00735 e. The highest BCUT2D eigenvalue weighted by atomic mass is 14.1. The molecule has 0 aliphatic heterocycles. The first-order chi connectivity index (χ1) is 58.1. The van der Waals surface area contributed by atoms with Crippen molar-refractivity contribution in [1.82, 2.24) is 0 Å². The SMILES string of the molecule is C.C.C.C.C.Cc1cc2ccccc2c2c(C)cccc12.Cc1ccc2cc(C)c3ccccc3c2c1.Cc1ccc2cc(C)ccc2c1.Cc1ccc2cc3cc(C)ccc3cc2c1.Cc1ccc2ccc3c(C)cccc3c2c1.Cc1cccc2c(C)c3ccccc3cc12.Cc1cccc2c(C)cccc12.Cc1cccc2cc3c(C)cccc3cc12. The molecule has 0 bridgehead atoms. The van der Waals surface area contributed by atoms with Gasteiger partial charge in [-0.1, -0.05) is 404 Å². The molecule has 0 radical (unpaired) electrons. The minimum Gasteiger partial charge on any atom is -0.0776 e. The lowest BCUT2D eigenvalue weighted by atomic mass is 9.95. The Labute approximate surface area is 746 Å². The van der Waals surface area contributed by atoms with Crippen LogP contribution in [0.4, 0.5) is 0 Å². The van der Waals surface area contributed by atoms with Crippen LogP contribution in [0.1, 0.15) is 126 Å². The normalized spacial score (nSPS) is 10.6. The van der Waals surface area contributed by atoms with Gasteiger partial charge in [0.05, 0.1) is 0 Å². The summed E-state index contributed by atoms with van der Waals surface area (Å²) >= 11 is 0. The molecule has 0 unspecified atom stereocenters. The Morgan fingerprint density at radius 3 is 0.840 bits per heavy atom. The lowest BCUT2D eigenvalue weighted by Gasteiger charge is -2.09. The molecule has 0 atom stereocenters. The molecule has 0 saturated heterocycles. The van der Waals surface area contributed by atoms with E-state index >= 15 is 0 Å². The molecule has 0 amide bonds. The number of rotatable bonds is 0. The van der Waals surface area contributed by atoms with E-state index in [1.165, 1.54) is 240 Å². The molecule has 0 aliphatic carbocycles. The molecular weight excluding hydrogens is 1500 g/mol. The van der Waals surface area contributed by atoms with Gasteiger partial charge in [-0.15, -0.1) is 0 Å². The minimum absolute atomic E-state index is 0. The zero-order valence-electron chi connectivity index (χ0n) is 72.6. The molecule has 0 nitrogen and oxygen atoms in total. The van der Waals surface area contributed by atoms with Crippen LogP contribution in [0, 0.1) is 111 Å². The highest BCUT2D eigenvalue weighted by Crippen LogP contribution is 2.36. The molecule has 0 heteroatoms. The fourth-order valence-electron chi connectivity index (χ4n) is 17.4. The van der Waals surface area contributed by atoms with Crippen molar-refractivity contribution in [2.45, 2.75) is 148 Å². The van der Waals surface area contributed by atoms with Crippen LogP contribution in [-0.4, -0.2) is 0 Å². The maximum absolute atomic E-state index is 2.30. The zero-order chi connectivity index (χ0) is 83.8. The van der Waals surface area contributed by atoms with Crippen molar-refractivity contribution in [1.29, 1.82) is 0 Å². The Hall–Kier alpha value is -13.5. The largest absolute Gasteiger partial charge is 0.0776 e. The molecule has 22 rings (SSSR count). The second-order valence-corrected chi connectivity index (χ2v) is 33.3.